The summed E-state index contributed by atoms with van der Waals surface area (Å²) in [6.07, 6.45) is -1.55. The van der Waals surface area contributed by atoms with E-state index in [2.05, 4.69) is 10.1 Å². The molecule has 0 N–H and O–H groups in total. The van der Waals surface area contributed by atoms with Gasteiger partial charge in [-0.05, 0) is 31.7 Å². The molecule has 0 aromatic carbocycles. The molecular weight excluding hydrogens is 347 g/mol. The maximum Gasteiger partial charge on any atom is 0.417 e. The summed E-state index contributed by atoms with van der Waals surface area (Å²) in [6.45, 7) is 4.67. The van der Waals surface area contributed by atoms with E-state index < -0.39 is 11.7 Å². The number of nitrogens with zero attached hydrogens (tertiary/aromatic N) is 3. The van der Waals surface area contributed by atoms with Crippen LogP contribution in [0.25, 0.3) is 11.1 Å². The molecule has 1 aliphatic heterocycles. The number of halogens is 3. The van der Waals surface area contributed by atoms with Crippen molar-refractivity contribution in [2.24, 2.45) is 0 Å². The number of likely N-dealkylation sites (tertiary alicyclic amines) is 1. The number of aryl methyl sites for hydroxylation is 1. The smallest absolute Gasteiger partial charge is 0.342 e. The van der Waals surface area contributed by atoms with Gasteiger partial charge in [-0.25, -0.2) is 4.98 Å². The molecule has 0 saturated carbocycles. The number of aromatic nitrogens is 2. The van der Waals surface area contributed by atoms with Gasteiger partial charge in [-0.3, -0.25) is 4.79 Å². The van der Waals surface area contributed by atoms with Gasteiger partial charge in [-0.15, -0.1) is 0 Å². The number of carbonyl (C=O) groups excluding carboxylic acids is 1. The summed E-state index contributed by atoms with van der Waals surface area (Å²) >= 11 is 0. The SMILES string of the molecule is CCCC(=O)N1CCC[C@H](c2noc3nc(CC)cc(C(F)(F)F)c23)C1. The summed E-state index contributed by atoms with van der Waals surface area (Å²) in [7, 11) is 0. The van der Waals surface area contributed by atoms with E-state index >= 15 is 0 Å². The van der Waals surface area contributed by atoms with E-state index in [1.54, 1.807) is 11.8 Å². The number of hydrogen-bond donors (Lipinski definition) is 0. The van der Waals surface area contributed by atoms with Crippen molar-refractivity contribution < 1.29 is 22.5 Å². The zero-order valence-electron chi connectivity index (χ0n) is 14.9. The largest absolute Gasteiger partial charge is 0.417 e. The van der Waals surface area contributed by atoms with Gasteiger partial charge in [0.05, 0.1) is 16.6 Å². The van der Waals surface area contributed by atoms with Crippen molar-refractivity contribution in [3.05, 3.63) is 23.0 Å². The number of pyridine rings is 1. The highest BCUT2D eigenvalue weighted by molar-refractivity contribution is 5.82. The van der Waals surface area contributed by atoms with Crippen LogP contribution < -0.4 is 0 Å². The minimum absolute atomic E-state index is 0.0347. The van der Waals surface area contributed by atoms with E-state index in [-0.39, 0.29) is 28.6 Å². The molecule has 1 atom stereocenters. The summed E-state index contributed by atoms with van der Waals surface area (Å²) in [5.41, 5.74) is -0.260. The van der Waals surface area contributed by atoms with E-state index in [1.165, 1.54) is 0 Å². The van der Waals surface area contributed by atoms with Crippen LogP contribution in [0.5, 0.6) is 0 Å². The predicted octanol–water partition coefficient (Wildman–Crippen LogP) is 4.31. The molecule has 2 aromatic rings. The van der Waals surface area contributed by atoms with E-state index in [0.29, 0.717) is 38.0 Å². The van der Waals surface area contributed by atoms with Gasteiger partial charge in [-0.2, -0.15) is 13.2 Å². The van der Waals surface area contributed by atoms with Crippen LogP contribution in [0.2, 0.25) is 0 Å². The number of carbonyl (C=O) groups is 1. The Labute approximate surface area is 149 Å². The Hall–Kier alpha value is -2.12. The summed E-state index contributed by atoms with van der Waals surface area (Å²) in [6, 6.07) is 1.08. The molecule has 0 spiro atoms. The highest BCUT2D eigenvalue weighted by atomic mass is 19.4. The Morgan fingerprint density at radius 1 is 1.38 bits per heavy atom. The number of piperidine rings is 1. The molecule has 3 rings (SSSR count). The van der Waals surface area contributed by atoms with Gasteiger partial charge in [0.25, 0.3) is 5.71 Å². The van der Waals surface area contributed by atoms with Crippen molar-refractivity contribution in [1.82, 2.24) is 15.0 Å². The molecule has 0 bridgehead atoms. The third-order valence-corrected chi connectivity index (χ3v) is 4.82. The highest BCUT2D eigenvalue weighted by Gasteiger charge is 2.38. The van der Waals surface area contributed by atoms with Gasteiger partial charge in [0.2, 0.25) is 5.91 Å². The Balaban J connectivity index is 2.01. The molecule has 8 heteroatoms. The molecule has 5 nitrogen and oxygen atoms in total. The van der Waals surface area contributed by atoms with Gasteiger partial charge in [0.1, 0.15) is 0 Å². The Morgan fingerprint density at radius 2 is 2.15 bits per heavy atom. The average Bonchev–Trinajstić information content (AvgIpc) is 3.04. The molecule has 0 aliphatic carbocycles. The van der Waals surface area contributed by atoms with Crippen LogP contribution in [-0.2, 0) is 17.4 Å². The van der Waals surface area contributed by atoms with Crippen molar-refractivity contribution in [3.8, 4) is 0 Å². The zero-order valence-corrected chi connectivity index (χ0v) is 14.9. The maximum absolute atomic E-state index is 13.6. The van der Waals surface area contributed by atoms with Gasteiger partial charge in [0.15, 0.2) is 0 Å². The molecule has 1 fully saturated rings. The number of hydrogen-bond acceptors (Lipinski definition) is 4. The minimum Gasteiger partial charge on any atom is -0.342 e. The van der Waals surface area contributed by atoms with Crippen molar-refractivity contribution in [1.29, 1.82) is 0 Å². The van der Waals surface area contributed by atoms with Crippen LogP contribution in [0.4, 0.5) is 13.2 Å². The molecule has 1 aliphatic rings. The fraction of sp³-hybridized carbons (Fsp3) is 0.611. The maximum atomic E-state index is 13.6. The van der Waals surface area contributed by atoms with Crippen LogP contribution in [-0.4, -0.2) is 34.0 Å². The number of amides is 1. The predicted molar refractivity (Wildman–Crippen MR) is 89.6 cm³/mol. The highest BCUT2D eigenvalue weighted by Crippen LogP contribution is 2.40. The van der Waals surface area contributed by atoms with Crippen LogP contribution >= 0.6 is 0 Å². The van der Waals surface area contributed by atoms with E-state index in [1.807, 2.05) is 6.92 Å². The number of rotatable bonds is 4. The van der Waals surface area contributed by atoms with Crippen molar-refractivity contribution in [2.75, 3.05) is 13.1 Å². The molecule has 0 unspecified atom stereocenters. The fourth-order valence-corrected chi connectivity index (χ4v) is 3.51. The third-order valence-electron chi connectivity index (χ3n) is 4.82. The first-order chi connectivity index (χ1) is 12.3. The summed E-state index contributed by atoms with van der Waals surface area (Å²) in [4.78, 5) is 18.1. The second-order valence-corrected chi connectivity index (χ2v) is 6.69. The lowest BCUT2D eigenvalue weighted by molar-refractivity contribution is -0.136. The van der Waals surface area contributed by atoms with Gasteiger partial charge < -0.3 is 9.42 Å². The van der Waals surface area contributed by atoms with Crippen LogP contribution in [0, 0.1) is 0 Å². The second-order valence-electron chi connectivity index (χ2n) is 6.69. The van der Waals surface area contributed by atoms with E-state index in [0.717, 1.165) is 18.9 Å². The fourth-order valence-electron chi connectivity index (χ4n) is 3.51. The number of fused-ring (bicyclic) bond motifs is 1. The van der Waals surface area contributed by atoms with Crippen molar-refractivity contribution >= 4 is 17.0 Å². The van der Waals surface area contributed by atoms with Crippen LogP contribution in [0.15, 0.2) is 10.6 Å². The van der Waals surface area contributed by atoms with Gasteiger partial charge in [0, 0.05) is 31.1 Å². The molecule has 1 amide bonds. The van der Waals surface area contributed by atoms with Crippen molar-refractivity contribution in [3.63, 3.8) is 0 Å². The summed E-state index contributed by atoms with van der Waals surface area (Å²) in [5.74, 6) is -0.242. The van der Waals surface area contributed by atoms with E-state index in [9.17, 15) is 18.0 Å². The molecule has 1 saturated heterocycles. The molecule has 2 aromatic heterocycles. The van der Waals surface area contributed by atoms with Crippen molar-refractivity contribution in [2.45, 2.75) is 58.0 Å². The van der Waals surface area contributed by atoms with Gasteiger partial charge >= 0.3 is 6.18 Å². The first-order valence-corrected chi connectivity index (χ1v) is 8.99. The third kappa shape index (κ3) is 3.54. The van der Waals surface area contributed by atoms with Gasteiger partial charge in [-0.1, -0.05) is 19.0 Å². The van der Waals surface area contributed by atoms with E-state index in [4.69, 9.17) is 4.52 Å². The average molecular weight is 369 g/mol. The first kappa shape index (κ1) is 18.7. The lowest BCUT2D eigenvalue weighted by Gasteiger charge is -2.32. The second kappa shape index (κ2) is 7.25. The van der Waals surface area contributed by atoms with Crippen LogP contribution in [0.3, 0.4) is 0 Å². The lowest BCUT2D eigenvalue weighted by Crippen LogP contribution is -2.39. The summed E-state index contributed by atoms with van der Waals surface area (Å²) < 4.78 is 46.0. The quantitative estimate of drug-likeness (QED) is 0.806. The Kier molecular flexibility index (Phi) is 5.20. The minimum atomic E-state index is -4.52. The lowest BCUT2D eigenvalue weighted by atomic mass is 9.91. The normalized spacial score (nSPS) is 18.5. The summed E-state index contributed by atoms with van der Waals surface area (Å²) in [5, 5.41) is 3.87. The Morgan fingerprint density at radius 3 is 2.81 bits per heavy atom. The molecular formula is C18H22F3N3O2. The molecule has 26 heavy (non-hydrogen) atoms. The number of alkyl halides is 3. The molecule has 3 heterocycles. The Bertz CT molecular complexity index is 801. The topological polar surface area (TPSA) is 59.2 Å². The first-order valence-electron chi connectivity index (χ1n) is 8.99. The zero-order chi connectivity index (χ0) is 18.9. The monoisotopic (exact) mass is 369 g/mol. The van der Waals surface area contributed by atoms with Crippen LogP contribution in [0.1, 0.15) is 62.4 Å². The molecule has 0 radical (unpaired) electrons. The molecule has 142 valence electrons. The standard InChI is InChI=1S/C18H22F3N3O2/c1-3-6-14(25)24-8-5-7-11(10-24)16-15-13(18(19,20)21)9-12(4-2)22-17(15)26-23-16/h9,11H,3-8,10H2,1-2H3/t11-/m0/s1.